The summed E-state index contributed by atoms with van der Waals surface area (Å²) in [6.07, 6.45) is 12.6. The van der Waals surface area contributed by atoms with Gasteiger partial charge in [0.2, 0.25) is 5.91 Å². The predicted octanol–water partition coefficient (Wildman–Crippen LogP) is 7.19. The lowest BCUT2D eigenvalue weighted by molar-refractivity contribution is -0.127. The second-order valence-electron chi connectivity index (χ2n) is 11.8. The fraction of sp³-hybridized carbons (Fsp3) is 0.432. The number of nitrogens with zero attached hydrogens (tertiary/aromatic N) is 2. The number of benzene rings is 3. The molecule has 0 spiro atoms. The van der Waals surface area contributed by atoms with Crippen molar-refractivity contribution in [2.24, 2.45) is 5.92 Å². The fourth-order valence-corrected chi connectivity index (χ4v) is 6.20. The number of ether oxygens (including phenoxy) is 2. The number of methoxy groups -OCH3 is 1. The van der Waals surface area contributed by atoms with Gasteiger partial charge in [-0.2, -0.15) is 0 Å². The Morgan fingerprint density at radius 2 is 1.62 bits per heavy atom. The van der Waals surface area contributed by atoms with E-state index in [-0.39, 0.29) is 5.91 Å². The fourth-order valence-electron chi connectivity index (χ4n) is 6.20. The molecule has 0 atom stereocenters. The maximum Gasteiger partial charge on any atom is 0.246 e. The van der Waals surface area contributed by atoms with Crippen LogP contribution in [0.2, 0.25) is 0 Å². The van der Waals surface area contributed by atoms with Gasteiger partial charge in [0.15, 0.2) is 11.5 Å². The highest BCUT2D eigenvalue weighted by Crippen LogP contribution is 2.29. The third-order valence-electron chi connectivity index (χ3n) is 8.74. The molecule has 0 radical (unpaired) electrons. The first kappa shape index (κ1) is 29.9. The van der Waals surface area contributed by atoms with Crippen LogP contribution in [0.1, 0.15) is 60.8 Å². The smallest absolute Gasteiger partial charge is 0.246 e. The van der Waals surface area contributed by atoms with Crippen LogP contribution >= 0.6 is 0 Å². The average Bonchev–Trinajstić information content (AvgIpc) is 3.04. The predicted molar refractivity (Wildman–Crippen MR) is 171 cm³/mol. The van der Waals surface area contributed by atoms with E-state index < -0.39 is 0 Å². The lowest BCUT2D eigenvalue weighted by atomic mass is 9.90. The maximum absolute atomic E-state index is 12.8. The van der Waals surface area contributed by atoms with Gasteiger partial charge in [-0.05, 0) is 91.5 Å². The normalized spacial score (nSPS) is 16.0. The van der Waals surface area contributed by atoms with Gasteiger partial charge in [-0.15, -0.1) is 0 Å². The number of piperidine rings is 1. The van der Waals surface area contributed by atoms with E-state index in [4.69, 9.17) is 9.47 Å². The molecule has 2 aliphatic heterocycles. The van der Waals surface area contributed by atoms with Gasteiger partial charge in [0.1, 0.15) is 0 Å². The number of carbonyl (C=O) groups is 1. The van der Waals surface area contributed by atoms with Crippen LogP contribution in [-0.4, -0.2) is 55.6 Å². The van der Waals surface area contributed by atoms with Crippen molar-refractivity contribution in [2.45, 2.75) is 57.9 Å². The molecule has 3 aromatic rings. The first-order valence-electron chi connectivity index (χ1n) is 15.8. The van der Waals surface area contributed by atoms with Crippen LogP contribution in [-0.2, 0) is 24.2 Å². The van der Waals surface area contributed by atoms with Crippen molar-refractivity contribution in [3.63, 3.8) is 0 Å². The van der Waals surface area contributed by atoms with Crippen molar-refractivity contribution in [3.8, 4) is 11.5 Å². The van der Waals surface area contributed by atoms with Gasteiger partial charge in [0.05, 0.1) is 13.7 Å². The summed E-state index contributed by atoms with van der Waals surface area (Å²) in [6.45, 7) is 5.76. The molecular formula is C37H46N2O3. The quantitative estimate of drug-likeness (QED) is 0.162. The summed E-state index contributed by atoms with van der Waals surface area (Å²) in [6, 6.07) is 25.4. The summed E-state index contributed by atoms with van der Waals surface area (Å²) < 4.78 is 11.7. The molecule has 1 amide bonds. The molecule has 0 bridgehead atoms. The number of likely N-dealkylation sites (tertiary alicyclic amines) is 1. The van der Waals surface area contributed by atoms with Crippen LogP contribution in [0.4, 0.5) is 0 Å². The van der Waals surface area contributed by atoms with Gasteiger partial charge in [0.25, 0.3) is 0 Å². The highest BCUT2D eigenvalue weighted by atomic mass is 16.5. The van der Waals surface area contributed by atoms with Gasteiger partial charge in [0, 0.05) is 32.3 Å². The van der Waals surface area contributed by atoms with Crippen molar-refractivity contribution >= 4 is 12.0 Å². The monoisotopic (exact) mass is 566 g/mol. The van der Waals surface area contributed by atoms with Gasteiger partial charge >= 0.3 is 0 Å². The largest absolute Gasteiger partial charge is 0.493 e. The minimum Gasteiger partial charge on any atom is -0.493 e. The third-order valence-corrected chi connectivity index (χ3v) is 8.74. The first-order valence-corrected chi connectivity index (χ1v) is 15.8. The number of hydrogen-bond acceptors (Lipinski definition) is 4. The molecule has 5 heteroatoms. The molecular weight excluding hydrogens is 520 g/mol. The number of rotatable bonds is 13. The molecule has 0 aromatic heterocycles. The molecule has 42 heavy (non-hydrogen) atoms. The summed E-state index contributed by atoms with van der Waals surface area (Å²) in [7, 11) is 1.67. The van der Waals surface area contributed by atoms with Crippen LogP contribution in [0.15, 0.2) is 78.9 Å². The molecule has 0 unspecified atom stereocenters. The second kappa shape index (κ2) is 15.6. The Kier molecular flexibility index (Phi) is 11.1. The molecule has 222 valence electrons. The number of hydrogen-bond donors (Lipinski definition) is 0. The van der Waals surface area contributed by atoms with Crippen LogP contribution in [0.25, 0.3) is 6.08 Å². The highest BCUT2D eigenvalue weighted by molar-refractivity contribution is 5.92. The lowest BCUT2D eigenvalue weighted by Crippen LogP contribution is -2.37. The van der Waals surface area contributed by atoms with Crippen LogP contribution in [0, 0.1) is 5.92 Å². The Hall–Kier alpha value is -3.57. The molecule has 2 aliphatic rings. The number of carbonyl (C=O) groups excluding carboxylic acids is 1. The van der Waals surface area contributed by atoms with Gasteiger partial charge < -0.3 is 14.4 Å². The molecule has 2 heterocycles. The Bertz CT molecular complexity index is 1300. The van der Waals surface area contributed by atoms with Crippen LogP contribution < -0.4 is 9.47 Å². The molecule has 0 saturated carbocycles. The summed E-state index contributed by atoms with van der Waals surface area (Å²) in [4.78, 5) is 17.4. The topological polar surface area (TPSA) is 42.0 Å². The van der Waals surface area contributed by atoms with Crippen LogP contribution in [0.3, 0.4) is 0 Å². The second-order valence-corrected chi connectivity index (χ2v) is 11.8. The van der Waals surface area contributed by atoms with E-state index in [9.17, 15) is 4.79 Å². The van der Waals surface area contributed by atoms with Gasteiger partial charge in [-0.3, -0.25) is 9.69 Å². The van der Waals surface area contributed by atoms with Crippen molar-refractivity contribution in [2.75, 3.05) is 39.9 Å². The molecule has 5 nitrogen and oxygen atoms in total. The highest BCUT2D eigenvalue weighted by Gasteiger charge is 2.21. The minimum atomic E-state index is 0.0811. The van der Waals surface area contributed by atoms with E-state index >= 15 is 0 Å². The first-order chi connectivity index (χ1) is 20.7. The molecule has 5 rings (SSSR count). The zero-order valence-corrected chi connectivity index (χ0v) is 25.2. The Morgan fingerprint density at radius 1 is 0.857 bits per heavy atom. The summed E-state index contributed by atoms with van der Waals surface area (Å²) >= 11 is 0. The third kappa shape index (κ3) is 8.72. The van der Waals surface area contributed by atoms with E-state index in [0.29, 0.717) is 18.3 Å². The van der Waals surface area contributed by atoms with Gasteiger partial charge in [-0.25, -0.2) is 0 Å². The van der Waals surface area contributed by atoms with E-state index in [1.54, 1.807) is 13.2 Å². The minimum absolute atomic E-state index is 0.0811. The summed E-state index contributed by atoms with van der Waals surface area (Å²) in [5, 5.41) is 0. The lowest BCUT2D eigenvalue weighted by Gasteiger charge is -2.31. The van der Waals surface area contributed by atoms with E-state index in [0.717, 1.165) is 56.6 Å². The standard InChI is InChI=1S/C37H46N2O3/c1-41-36-28-31(16-18-37(40)39-24-19-32(20-25-39)27-30-11-5-4-6-12-30)15-17-35(36)42-26-10-3-2-9-22-38-23-21-33-13-7-8-14-34(33)29-38/h4-8,11-18,28,32H,2-3,9-10,19-27,29H2,1H3/b18-16+. The van der Waals surface area contributed by atoms with Crippen LogP contribution in [0.5, 0.6) is 11.5 Å². The van der Waals surface area contributed by atoms with Crippen molar-refractivity contribution in [1.29, 1.82) is 0 Å². The summed E-state index contributed by atoms with van der Waals surface area (Å²) in [5.74, 6) is 2.19. The zero-order chi connectivity index (χ0) is 29.0. The molecule has 1 fully saturated rings. The maximum atomic E-state index is 12.8. The van der Waals surface area contributed by atoms with E-state index in [1.807, 2.05) is 29.2 Å². The SMILES string of the molecule is COc1cc(/C=C/C(=O)N2CCC(Cc3ccccc3)CC2)ccc1OCCCCCCN1CCc2ccccc2C1. The Morgan fingerprint density at radius 3 is 2.43 bits per heavy atom. The molecule has 1 saturated heterocycles. The summed E-state index contributed by atoms with van der Waals surface area (Å²) in [5.41, 5.74) is 5.34. The van der Waals surface area contributed by atoms with Crippen molar-refractivity contribution < 1.29 is 14.3 Å². The Balaban J connectivity index is 0.981. The molecule has 0 N–H and O–H groups in total. The average molecular weight is 567 g/mol. The van der Waals surface area contributed by atoms with Crippen molar-refractivity contribution in [3.05, 3.63) is 101 Å². The molecule has 3 aromatic carbocycles. The zero-order valence-electron chi connectivity index (χ0n) is 25.2. The number of amides is 1. The van der Waals surface area contributed by atoms with Crippen molar-refractivity contribution in [1.82, 2.24) is 9.80 Å². The van der Waals surface area contributed by atoms with Gasteiger partial charge in [-0.1, -0.05) is 73.5 Å². The Labute approximate surface area is 252 Å². The number of fused-ring (bicyclic) bond motifs is 1. The number of unbranched alkanes of at least 4 members (excludes halogenated alkanes) is 3. The molecule has 0 aliphatic carbocycles. The van der Waals surface area contributed by atoms with E-state index in [1.165, 1.54) is 55.5 Å². The van der Waals surface area contributed by atoms with E-state index in [2.05, 4.69) is 59.5 Å².